The summed E-state index contributed by atoms with van der Waals surface area (Å²) in [7, 11) is 2.90. The first-order chi connectivity index (χ1) is 15.3. The van der Waals surface area contributed by atoms with Gasteiger partial charge >= 0.3 is 0 Å². The van der Waals surface area contributed by atoms with Gasteiger partial charge in [-0.15, -0.1) is 0 Å². The van der Waals surface area contributed by atoms with Crippen molar-refractivity contribution in [1.29, 1.82) is 0 Å². The van der Waals surface area contributed by atoms with Crippen molar-refractivity contribution in [3.05, 3.63) is 28.8 Å². The standard InChI is InChI=1S/C23H26N2O8/c1-7-5-6-9(26)12-10(7)8(2)11-13(17(12)27)20(30)23(33)15(18(11)28)16(25(3)4)19(29)14(21(23)31)22(24)32/h5-6,8,11,13-16,18,26,28,33H,1-4H3,(H2,24,32)/t8-,11+,13?,14?,15+,16-,18-,23-/m1/s1. The number of carbonyl (C=O) groups is 5. The van der Waals surface area contributed by atoms with E-state index in [1.165, 1.54) is 25.1 Å². The van der Waals surface area contributed by atoms with E-state index in [9.17, 15) is 39.3 Å². The number of aryl methyl sites for hydroxylation is 1. The number of Topliss-reactive ketones (excluding diaryl/α,β-unsaturated/α-hetero) is 4. The molecule has 0 aliphatic heterocycles. The molecule has 3 aliphatic carbocycles. The number of phenols is 1. The average molecular weight is 458 g/mol. The van der Waals surface area contributed by atoms with E-state index < -0.39 is 76.4 Å². The molecule has 2 saturated carbocycles. The van der Waals surface area contributed by atoms with E-state index in [4.69, 9.17) is 5.73 Å². The van der Waals surface area contributed by atoms with Gasteiger partial charge in [0.05, 0.1) is 29.5 Å². The fraction of sp³-hybridized carbons (Fsp3) is 0.522. The summed E-state index contributed by atoms with van der Waals surface area (Å²) in [6.45, 7) is 3.41. The Bertz CT molecular complexity index is 1130. The third-order valence-corrected chi connectivity index (χ3v) is 7.69. The zero-order valence-electron chi connectivity index (χ0n) is 18.6. The van der Waals surface area contributed by atoms with Crippen LogP contribution < -0.4 is 5.73 Å². The van der Waals surface area contributed by atoms with E-state index in [0.717, 1.165) is 0 Å². The number of aliphatic hydroxyl groups excluding tert-OH is 1. The van der Waals surface area contributed by atoms with Crippen LogP contribution in [0.5, 0.6) is 5.75 Å². The first kappa shape index (κ1) is 23.2. The van der Waals surface area contributed by atoms with Crippen molar-refractivity contribution < 1.29 is 39.3 Å². The van der Waals surface area contributed by atoms with Crippen LogP contribution in [0.3, 0.4) is 0 Å². The molecule has 0 spiro atoms. The maximum absolute atomic E-state index is 13.7. The van der Waals surface area contributed by atoms with Crippen LogP contribution in [0.1, 0.15) is 34.3 Å². The van der Waals surface area contributed by atoms with Crippen LogP contribution in [0.25, 0.3) is 0 Å². The van der Waals surface area contributed by atoms with Crippen LogP contribution in [0.15, 0.2) is 12.1 Å². The molecule has 1 aromatic carbocycles. The second-order valence-corrected chi connectivity index (χ2v) is 9.56. The second-order valence-electron chi connectivity index (χ2n) is 9.56. The average Bonchev–Trinajstić information content (AvgIpc) is 2.72. The molecule has 33 heavy (non-hydrogen) atoms. The number of nitrogens with zero attached hydrogens (tertiary/aromatic N) is 1. The van der Waals surface area contributed by atoms with Crippen LogP contribution in [0.2, 0.25) is 0 Å². The number of benzene rings is 1. The largest absolute Gasteiger partial charge is 0.507 e. The zero-order chi connectivity index (χ0) is 24.7. The molecule has 0 radical (unpaired) electrons. The van der Waals surface area contributed by atoms with E-state index >= 15 is 0 Å². The molecular formula is C23H26N2O8. The molecule has 8 atom stereocenters. The van der Waals surface area contributed by atoms with Gasteiger partial charge in [-0.3, -0.25) is 28.9 Å². The molecule has 10 nitrogen and oxygen atoms in total. The van der Waals surface area contributed by atoms with Gasteiger partial charge in [0.25, 0.3) is 0 Å². The lowest BCUT2D eigenvalue weighted by atomic mass is 9.49. The Hall–Kier alpha value is -2.95. The van der Waals surface area contributed by atoms with Gasteiger partial charge in [-0.05, 0) is 44.1 Å². The van der Waals surface area contributed by atoms with Gasteiger partial charge in [0.15, 0.2) is 34.7 Å². The number of phenolic OH excluding ortho intramolecular Hbond substituents is 1. The quantitative estimate of drug-likeness (QED) is 0.393. The number of aliphatic hydroxyl groups is 2. The number of rotatable bonds is 2. The first-order valence-corrected chi connectivity index (χ1v) is 10.6. The highest BCUT2D eigenvalue weighted by Crippen LogP contribution is 2.54. The van der Waals surface area contributed by atoms with Crippen LogP contribution in [0.4, 0.5) is 0 Å². The van der Waals surface area contributed by atoms with Crippen molar-refractivity contribution in [3.8, 4) is 5.75 Å². The molecule has 0 saturated heterocycles. The number of fused-ring (bicyclic) bond motifs is 3. The van der Waals surface area contributed by atoms with Crippen molar-refractivity contribution in [1.82, 2.24) is 4.90 Å². The highest BCUT2D eigenvalue weighted by atomic mass is 16.3. The third kappa shape index (κ3) is 2.74. The Morgan fingerprint density at radius 3 is 2.27 bits per heavy atom. The molecule has 0 heterocycles. The molecule has 2 fully saturated rings. The van der Waals surface area contributed by atoms with Crippen molar-refractivity contribution >= 4 is 29.0 Å². The summed E-state index contributed by atoms with van der Waals surface area (Å²) in [5.74, 6) is -13.1. The zero-order valence-corrected chi connectivity index (χ0v) is 18.6. The number of carbonyl (C=O) groups excluding carboxylic acids is 5. The van der Waals surface area contributed by atoms with Gasteiger partial charge in [0.2, 0.25) is 5.91 Å². The van der Waals surface area contributed by atoms with Gasteiger partial charge in [0, 0.05) is 5.92 Å². The summed E-state index contributed by atoms with van der Waals surface area (Å²) in [5, 5.41) is 33.4. The lowest BCUT2D eigenvalue weighted by molar-refractivity contribution is -0.196. The van der Waals surface area contributed by atoms with Crippen LogP contribution in [-0.2, 0) is 19.2 Å². The predicted octanol–water partition coefficient (Wildman–Crippen LogP) is -1.29. The highest BCUT2D eigenvalue weighted by molar-refractivity contribution is 6.32. The lowest BCUT2D eigenvalue weighted by Crippen LogP contribution is -2.77. The highest BCUT2D eigenvalue weighted by Gasteiger charge is 2.72. The van der Waals surface area contributed by atoms with Crippen molar-refractivity contribution in [2.24, 2.45) is 29.4 Å². The molecule has 1 amide bonds. The molecule has 10 heteroatoms. The van der Waals surface area contributed by atoms with Gasteiger partial charge in [0.1, 0.15) is 5.75 Å². The number of aromatic hydroxyl groups is 1. The van der Waals surface area contributed by atoms with Crippen LogP contribution in [0, 0.1) is 30.6 Å². The van der Waals surface area contributed by atoms with Crippen LogP contribution >= 0.6 is 0 Å². The van der Waals surface area contributed by atoms with Crippen molar-refractivity contribution in [3.63, 3.8) is 0 Å². The van der Waals surface area contributed by atoms with Crippen molar-refractivity contribution in [2.45, 2.75) is 37.5 Å². The van der Waals surface area contributed by atoms with Gasteiger partial charge in [-0.25, -0.2) is 0 Å². The van der Waals surface area contributed by atoms with E-state index in [0.29, 0.717) is 11.1 Å². The summed E-state index contributed by atoms with van der Waals surface area (Å²) in [6, 6.07) is 1.55. The summed E-state index contributed by atoms with van der Waals surface area (Å²) in [4.78, 5) is 66.7. The molecule has 3 aliphatic rings. The van der Waals surface area contributed by atoms with Gasteiger partial charge in [-0.1, -0.05) is 13.0 Å². The number of primary amides is 1. The molecule has 5 N–H and O–H groups in total. The Morgan fingerprint density at radius 2 is 1.73 bits per heavy atom. The van der Waals surface area contributed by atoms with E-state index in [-0.39, 0.29) is 11.3 Å². The Balaban J connectivity index is 1.98. The molecule has 176 valence electrons. The molecule has 4 rings (SSSR count). The minimum atomic E-state index is -2.98. The molecule has 0 bridgehead atoms. The van der Waals surface area contributed by atoms with E-state index in [1.807, 2.05) is 0 Å². The van der Waals surface area contributed by atoms with Gasteiger partial charge in [-0.2, -0.15) is 0 Å². The number of ketones is 4. The van der Waals surface area contributed by atoms with E-state index in [1.54, 1.807) is 19.9 Å². The summed E-state index contributed by atoms with van der Waals surface area (Å²) >= 11 is 0. The summed E-state index contributed by atoms with van der Waals surface area (Å²) in [6.07, 6.45) is -1.62. The smallest absolute Gasteiger partial charge is 0.235 e. The number of hydrogen-bond donors (Lipinski definition) is 4. The molecule has 2 unspecified atom stereocenters. The fourth-order valence-corrected chi connectivity index (χ4v) is 6.29. The maximum Gasteiger partial charge on any atom is 0.235 e. The Kier molecular flexibility index (Phi) is 5.12. The number of amides is 1. The normalized spacial score (nSPS) is 38.1. The predicted molar refractivity (Wildman–Crippen MR) is 112 cm³/mol. The van der Waals surface area contributed by atoms with Gasteiger partial charge < -0.3 is 21.1 Å². The Labute approximate surface area is 189 Å². The lowest BCUT2D eigenvalue weighted by Gasteiger charge is -2.56. The first-order valence-electron chi connectivity index (χ1n) is 10.6. The maximum atomic E-state index is 13.7. The monoisotopic (exact) mass is 458 g/mol. The molecule has 0 aromatic heterocycles. The van der Waals surface area contributed by atoms with Crippen LogP contribution in [-0.4, -0.2) is 81.1 Å². The molecule has 1 aromatic rings. The molecular weight excluding hydrogens is 432 g/mol. The SMILES string of the molecule is Cc1ccc(O)c2c1[C@@H](C)[C@H]1C(C2=O)C(=O)[C@@]2(O)C(=O)C(C(N)=O)C(=O)[C@H](N(C)C)[C@H]2[C@@H]1O. The summed E-state index contributed by atoms with van der Waals surface area (Å²) in [5.41, 5.74) is 3.32. The van der Waals surface area contributed by atoms with Crippen molar-refractivity contribution in [2.75, 3.05) is 14.1 Å². The number of likely N-dealkylation sites (N-methyl/N-ethyl adjacent to an activating group) is 1. The third-order valence-electron chi connectivity index (χ3n) is 7.69. The summed E-state index contributed by atoms with van der Waals surface area (Å²) < 4.78 is 0. The number of hydrogen-bond acceptors (Lipinski definition) is 9. The minimum absolute atomic E-state index is 0.0960. The van der Waals surface area contributed by atoms with E-state index in [2.05, 4.69) is 0 Å². The number of nitrogens with two attached hydrogens (primary N) is 1. The minimum Gasteiger partial charge on any atom is -0.507 e. The Morgan fingerprint density at radius 1 is 1.12 bits per heavy atom. The fourth-order valence-electron chi connectivity index (χ4n) is 6.29. The second kappa shape index (κ2) is 7.28. The topological polar surface area (TPSA) is 175 Å².